The van der Waals surface area contributed by atoms with Gasteiger partial charge in [-0.1, -0.05) is 146 Å². The lowest BCUT2D eigenvalue weighted by Crippen LogP contribution is -2.07. The van der Waals surface area contributed by atoms with E-state index in [0.717, 1.165) is 103 Å². The van der Waals surface area contributed by atoms with Crippen molar-refractivity contribution in [2.45, 2.75) is 0 Å². The van der Waals surface area contributed by atoms with Crippen molar-refractivity contribution >= 4 is 87.1 Å². The molecule has 13 aromatic rings. The van der Waals surface area contributed by atoms with Gasteiger partial charge >= 0.3 is 0 Å². The highest BCUT2D eigenvalue weighted by Crippen LogP contribution is 2.45. The Hall–Kier alpha value is -7.94. The molecule has 8 aromatic carbocycles. The van der Waals surface area contributed by atoms with Crippen LogP contribution in [0, 0.1) is 0 Å². The molecule has 0 amide bonds. The maximum atomic E-state index is 6.50. The summed E-state index contributed by atoms with van der Waals surface area (Å²) in [7, 11) is 0. The number of benzene rings is 8. The average molecular weight is 787 g/mol. The van der Waals surface area contributed by atoms with Crippen LogP contribution in [-0.2, 0) is 0 Å². The van der Waals surface area contributed by atoms with E-state index in [1.54, 1.807) is 11.3 Å². The zero-order valence-electron chi connectivity index (χ0n) is 31.8. The summed E-state index contributed by atoms with van der Waals surface area (Å²) in [5, 5.41) is 7.62. The van der Waals surface area contributed by atoms with Gasteiger partial charge in [0.2, 0.25) is 5.95 Å². The Morgan fingerprint density at radius 1 is 0.417 bits per heavy atom. The van der Waals surface area contributed by atoms with Gasteiger partial charge in [-0.15, -0.1) is 11.3 Å². The van der Waals surface area contributed by atoms with Gasteiger partial charge in [-0.3, -0.25) is 4.57 Å². The van der Waals surface area contributed by atoms with Crippen LogP contribution in [0.4, 0.5) is 0 Å². The molecule has 0 atom stereocenters. The Bertz CT molecular complexity index is 3780. The summed E-state index contributed by atoms with van der Waals surface area (Å²) in [6, 6.07) is 63.1. The van der Waals surface area contributed by atoms with Crippen molar-refractivity contribution in [3.05, 3.63) is 182 Å². The van der Waals surface area contributed by atoms with Crippen LogP contribution in [0.3, 0.4) is 0 Å². The summed E-state index contributed by atoms with van der Waals surface area (Å²) in [6.07, 6.45) is 0. The number of nitrogens with zero attached hydrogens (tertiary/aromatic N) is 6. The molecule has 0 fully saturated rings. The monoisotopic (exact) mass is 786 g/mol. The molecule has 0 saturated heterocycles. The van der Waals surface area contributed by atoms with E-state index < -0.39 is 0 Å². The number of hydrogen-bond donors (Lipinski definition) is 0. The highest BCUT2D eigenvalue weighted by molar-refractivity contribution is 7.22. The van der Waals surface area contributed by atoms with Crippen molar-refractivity contribution < 1.29 is 4.42 Å². The molecule has 13 rings (SSSR count). The topological polar surface area (TPSA) is 74.6 Å². The minimum absolute atomic E-state index is 0.551. The van der Waals surface area contributed by atoms with Crippen molar-refractivity contribution in [2.24, 2.45) is 0 Å². The molecule has 8 heteroatoms. The molecule has 280 valence electrons. The number of para-hydroxylation sites is 4. The van der Waals surface area contributed by atoms with Crippen LogP contribution in [0.25, 0.3) is 121 Å². The highest BCUT2D eigenvalue weighted by Gasteiger charge is 2.25. The molecule has 0 aliphatic rings. The second kappa shape index (κ2) is 12.8. The zero-order chi connectivity index (χ0) is 39.3. The molecule has 0 radical (unpaired) electrons. The molecule has 5 aromatic heterocycles. The lowest BCUT2D eigenvalue weighted by Gasteiger charge is -2.13. The van der Waals surface area contributed by atoms with Gasteiger partial charge in [-0.2, -0.15) is 9.97 Å². The van der Waals surface area contributed by atoms with E-state index in [0.29, 0.717) is 17.6 Å². The van der Waals surface area contributed by atoms with E-state index >= 15 is 0 Å². The van der Waals surface area contributed by atoms with Gasteiger partial charge in [0.1, 0.15) is 16.2 Å². The summed E-state index contributed by atoms with van der Waals surface area (Å²) < 4.78 is 12.2. The average Bonchev–Trinajstić information content (AvgIpc) is 4.09. The van der Waals surface area contributed by atoms with Gasteiger partial charge in [0.25, 0.3) is 0 Å². The van der Waals surface area contributed by atoms with Crippen LogP contribution in [-0.4, -0.2) is 29.1 Å². The first-order valence-corrected chi connectivity index (χ1v) is 20.7. The summed E-state index contributed by atoms with van der Waals surface area (Å²) in [4.78, 5) is 20.9. The Labute approximate surface area is 346 Å². The fourth-order valence-electron chi connectivity index (χ4n) is 9.00. The molecule has 0 aliphatic carbocycles. The van der Waals surface area contributed by atoms with Crippen molar-refractivity contribution in [1.29, 1.82) is 0 Å². The number of fused-ring (bicyclic) bond motifs is 11. The first-order valence-electron chi connectivity index (χ1n) is 19.9. The van der Waals surface area contributed by atoms with Crippen LogP contribution in [0.2, 0.25) is 0 Å². The zero-order valence-corrected chi connectivity index (χ0v) is 32.6. The van der Waals surface area contributed by atoms with Crippen molar-refractivity contribution in [2.75, 3.05) is 0 Å². The maximum absolute atomic E-state index is 6.50. The van der Waals surface area contributed by atoms with Gasteiger partial charge in [0, 0.05) is 43.4 Å². The molecule has 7 nitrogen and oxygen atoms in total. The fraction of sp³-hybridized carbons (Fsp3) is 0. The Morgan fingerprint density at radius 2 is 0.983 bits per heavy atom. The molecule has 0 unspecified atom stereocenters. The van der Waals surface area contributed by atoms with Crippen molar-refractivity contribution in [3.63, 3.8) is 0 Å². The van der Waals surface area contributed by atoms with Crippen molar-refractivity contribution in [3.8, 4) is 45.0 Å². The van der Waals surface area contributed by atoms with Crippen LogP contribution in [0.5, 0.6) is 0 Å². The van der Waals surface area contributed by atoms with Crippen LogP contribution in [0.1, 0.15) is 0 Å². The number of thiazole rings is 1. The smallest absolute Gasteiger partial charge is 0.238 e. The van der Waals surface area contributed by atoms with Gasteiger partial charge in [0.15, 0.2) is 11.6 Å². The quantitative estimate of drug-likeness (QED) is 0.174. The molecule has 0 aliphatic heterocycles. The lowest BCUT2D eigenvalue weighted by molar-refractivity contribution is 0.670. The highest BCUT2D eigenvalue weighted by atomic mass is 32.1. The molecule has 0 spiro atoms. The van der Waals surface area contributed by atoms with Gasteiger partial charge in [0.05, 0.1) is 43.5 Å². The third-order valence-corrected chi connectivity index (χ3v) is 12.8. The first-order chi connectivity index (χ1) is 29.8. The summed E-state index contributed by atoms with van der Waals surface area (Å²) >= 11 is 1.70. The third kappa shape index (κ3) is 4.82. The van der Waals surface area contributed by atoms with Gasteiger partial charge < -0.3 is 8.98 Å². The maximum Gasteiger partial charge on any atom is 0.238 e. The molecule has 5 heterocycles. The number of furan rings is 1. The molecular formula is C52H30N6OS. The van der Waals surface area contributed by atoms with E-state index in [-0.39, 0.29) is 0 Å². The molecule has 0 N–H and O–H groups in total. The number of aromatic nitrogens is 6. The largest absolute Gasteiger partial charge is 0.455 e. The second-order valence-corrected chi connectivity index (χ2v) is 16.0. The molecule has 0 bridgehead atoms. The number of rotatable bonds is 5. The SMILES string of the molecule is c1ccc(-c2nc(-c3ccccc3)nc(-n3c4ccccc4c4ccc5c6ccccc6n(-c6cccc7nc(-c8cccc9c8oc8ccccc89)sc67)c5c43)n2)cc1. The lowest BCUT2D eigenvalue weighted by atomic mass is 10.1. The van der Waals surface area contributed by atoms with E-state index in [1.807, 2.05) is 48.5 Å². The van der Waals surface area contributed by atoms with Crippen molar-refractivity contribution in [1.82, 2.24) is 29.1 Å². The molecular weight excluding hydrogens is 757 g/mol. The van der Waals surface area contributed by atoms with Gasteiger partial charge in [-0.25, -0.2) is 9.97 Å². The second-order valence-electron chi connectivity index (χ2n) is 15.0. The van der Waals surface area contributed by atoms with Gasteiger partial charge in [-0.05, 0) is 36.4 Å². The van der Waals surface area contributed by atoms with E-state index in [1.165, 1.54) is 0 Å². The Kier molecular flexibility index (Phi) is 7.05. The predicted octanol–water partition coefficient (Wildman–Crippen LogP) is 13.6. The number of hydrogen-bond acceptors (Lipinski definition) is 6. The molecule has 60 heavy (non-hydrogen) atoms. The Balaban J connectivity index is 1.13. The van der Waals surface area contributed by atoms with E-state index in [4.69, 9.17) is 24.4 Å². The first kappa shape index (κ1) is 33.1. The van der Waals surface area contributed by atoms with E-state index in [9.17, 15) is 0 Å². The fourth-order valence-corrected chi connectivity index (χ4v) is 10.1. The summed E-state index contributed by atoms with van der Waals surface area (Å²) in [6.45, 7) is 0. The van der Waals surface area contributed by atoms with Crippen LogP contribution >= 0.6 is 11.3 Å². The minimum Gasteiger partial charge on any atom is -0.455 e. The Morgan fingerprint density at radius 3 is 1.68 bits per heavy atom. The van der Waals surface area contributed by atoms with Crippen LogP contribution in [0.15, 0.2) is 186 Å². The summed E-state index contributed by atoms with van der Waals surface area (Å²) in [5.74, 6) is 1.77. The van der Waals surface area contributed by atoms with E-state index in [2.05, 4.69) is 143 Å². The minimum atomic E-state index is 0.551. The van der Waals surface area contributed by atoms with Crippen LogP contribution < -0.4 is 0 Å². The predicted molar refractivity (Wildman–Crippen MR) is 245 cm³/mol. The summed E-state index contributed by atoms with van der Waals surface area (Å²) in [5.41, 5.74) is 10.7. The standard InChI is InChI=1S/C52H30N6OS/c1-3-15-31(16-4-1)49-54-50(32-17-5-2-6-18-32)56-52(55-49)58-42-26-11-8-20-34(42)37-30-29-36-33-19-7-10-25-41(33)57(45(36)46(37)58)43-27-14-24-40-48(43)60-51(53-40)39-23-13-22-38-35-21-9-12-28-44(35)59-47(38)39/h1-30H. The molecule has 0 saturated carbocycles. The normalized spacial score (nSPS) is 12.0. The third-order valence-electron chi connectivity index (χ3n) is 11.6.